The van der Waals surface area contributed by atoms with Crippen LogP contribution in [0.3, 0.4) is 0 Å². The lowest BCUT2D eigenvalue weighted by Gasteiger charge is -2.21. The van der Waals surface area contributed by atoms with Gasteiger partial charge in [0.1, 0.15) is 12.7 Å². The van der Waals surface area contributed by atoms with E-state index in [1.807, 2.05) is 12.2 Å². The molecule has 0 saturated carbocycles. The molecule has 12 heteroatoms. The minimum atomic E-state index is -4.78. The van der Waals surface area contributed by atoms with E-state index in [2.05, 4.69) is 130 Å². The molecule has 0 bridgehead atoms. The highest BCUT2D eigenvalue weighted by Gasteiger charge is 2.28. The van der Waals surface area contributed by atoms with Gasteiger partial charge in [0.2, 0.25) is 0 Å². The molecule has 3 atom stereocenters. The maximum Gasteiger partial charge on any atom is 0.472 e. The highest BCUT2D eigenvalue weighted by molar-refractivity contribution is 7.47. The molecule has 80 heavy (non-hydrogen) atoms. The number of hydrogen-bond acceptors (Lipinski definition) is 10. The highest BCUT2D eigenvalue weighted by Crippen LogP contribution is 2.43. The van der Waals surface area contributed by atoms with Crippen molar-refractivity contribution in [2.24, 2.45) is 0 Å². The molecule has 0 aliphatic carbocycles. The van der Waals surface area contributed by atoms with Gasteiger partial charge in [-0.25, -0.2) is 4.57 Å². The van der Waals surface area contributed by atoms with Crippen molar-refractivity contribution in [3.8, 4) is 0 Å². The van der Waals surface area contributed by atoms with Crippen molar-refractivity contribution < 1.29 is 52.2 Å². The summed E-state index contributed by atoms with van der Waals surface area (Å²) in [7, 11) is -4.78. The number of phosphoric ester groups is 1. The first-order valence-corrected chi connectivity index (χ1v) is 32.9. The monoisotopic (exact) mass is 1140 g/mol. The molecule has 0 fully saturated rings. The van der Waals surface area contributed by atoms with E-state index in [0.29, 0.717) is 19.3 Å². The standard InChI is InChI=1S/C68H113O11P/c1-4-7-10-13-16-19-22-25-28-30-32-34-37-39-42-45-48-51-54-57-66(70)75-61-65(79-68(72)59-56-53-50-47-44-41-38-35-33-31-29-26-23-20-17-14-11-8-5-2)63-77-80(73,74)76-62-64(60-69)78-67(71)58-55-52-49-46-43-40-36-27-24-21-18-15-12-9-6-3/h7,9-10,12,16,18-19,21,25-29,32,34,36,39,42,48,51,64-65,69H,4-6,8,11,13-15,17,20,22-24,30-31,33,35,37-38,40-41,43-47,49-50,52-63H2,1-3H3,(H,73,74)/b10-7-,12-9-,19-16-,21-18-,28-25-,29-26-,34-32-,36-27-,42-39-,51-48-. The summed E-state index contributed by atoms with van der Waals surface area (Å²) in [6.45, 7) is 4.32. The molecule has 2 N–H and O–H groups in total. The lowest BCUT2D eigenvalue weighted by atomic mass is 10.1. The second kappa shape index (κ2) is 61.0. The smallest absolute Gasteiger partial charge is 0.462 e. The van der Waals surface area contributed by atoms with E-state index in [1.165, 1.54) is 83.5 Å². The van der Waals surface area contributed by atoms with Crippen molar-refractivity contribution in [1.82, 2.24) is 0 Å². The maximum absolute atomic E-state index is 13.0. The lowest BCUT2D eigenvalue weighted by Crippen LogP contribution is -2.30. The van der Waals surface area contributed by atoms with Crippen LogP contribution >= 0.6 is 7.82 Å². The normalized spacial score (nSPS) is 14.1. The fraction of sp³-hybridized carbons (Fsp3) is 0.662. The van der Waals surface area contributed by atoms with E-state index in [-0.39, 0.29) is 25.9 Å². The van der Waals surface area contributed by atoms with Gasteiger partial charge in [-0.15, -0.1) is 0 Å². The van der Waals surface area contributed by atoms with Gasteiger partial charge in [-0.1, -0.05) is 239 Å². The van der Waals surface area contributed by atoms with Crippen LogP contribution < -0.4 is 0 Å². The van der Waals surface area contributed by atoms with Crippen LogP contribution in [0.4, 0.5) is 0 Å². The third kappa shape index (κ3) is 58.5. The Morgan fingerprint density at radius 2 is 0.675 bits per heavy atom. The average molecular weight is 1140 g/mol. The summed E-state index contributed by atoms with van der Waals surface area (Å²) in [4.78, 5) is 48.7. The zero-order valence-corrected chi connectivity index (χ0v) is 51.4. The highest BCUT2D eigenvalue weighted by atomic mass is 31.2. The number of rotatable bonds is 57. The fourth-order valence-corrected chi connectivity index (χ4v) is 8.94. The molecule has 0 aliphatic rings. The summed E-state index contributed by atoms with van der Waals surface area (Å²) in [5, 5.41) is 9.84. The molecule has 0 rings (SSSR count). The molecule has 0 aromatic heterocycles. The molecule has 0 amide bonds. The number of esters is 3. The molecular formula is C68H113O11P. The van der Waals surface area contributed by atoms with Crippen LogP contribution in [0.15, 0.2) is 122 Å². The molecule has 11 nitrogen and oxygen atoms in total. The van der Waals surface area contributed by atoms with Gasteiger partial charge in [-0.2, -0.15) is 0 Å². The summed E-state index contributed by atoms with van der Waals surface area (Å²) in [5.74, 6) is -1.59. The van der Waals surface area contributed by atoms with E-state index in [9.17, 15) is 28.9 Å². The van der Waals surface area contributed by atoms with Gasteiger partial charge >= 0.3 is 25.7 Å². The van der Waals surface area contributed by atoms with Crippen LogP contribution in [0.25, 0.3) is 0 Å². The minimum absolute atomic E-state index is 0.0947. The van der Waals surface area contributed by atoms with Crippen LogP contribution in [0, 0.1) is 0 Å². The Labute approximate surface area is 487 Å². The van der Waals surface area contributed by atoms with Crippen LogP contribution in [0.5, 0.6) is 0 Å². The van der Waals surface area contributed by atoms with Gasteiger partial charge in [0.25, 0.3) is 0 Å². The number of phosphoric acid groups is 1. The summed E-state index contributed by atoms with van der Waals surface area (Å²) in [6.07, 6.45) is 75.9. The number of hydrogen-bond donors (Lipinski definition) is 2. The first kappa shape index (κ1) is 75.9. The minimum Gasteiger partial charge on any atom is -0.462 e. The number of carbonyl (C=O) groups excluding carboxylic acids is 3. The molecule has 0 saturated heterocycles. The number of carbonyl (C=O) groups is 3. The summed E-state index contributed by atoms with van der Waals surface area (Å²) in [6, 6.07) is 0. The van der Waals surface area contributed by atoms with Crippen LogP contribution in [0.2, 0.25) is 0 Å². The van der Waals surface area contributed by atoms with E-state index in [1.54, 1.807) is 0 Å². The Bertz CT molecular complexity index is 1800. The van der Waals surface area contributed by atoms with E-state index in [0.717, 1.165) is 109 Å². The quantitative estimate of drug-likeness (QED) is 0.0197. The van der Waals surface area contributed by atoms with E-state index in [4.69, 9.17) is 23.3 Å². The van der Waals surface area contributed by atoms with Crippen molar-refractivity contribution >= 4 is 25.7 Å². The van der Waals surface area contributed by atoms with Crippen LogP contribution in [-0.4, -0.2) is 66.5 Å². The SMILES string of the molecule is CC/C=C\C/C=C\C/C=C\C/C=C\C/C=C\C/C=C\CCC(=O)OCC(COP(=O)(O)OCC(CO)OC(=O)CCCCCCC/C=C\C/C=C\C/C=C\CC)OC(=O)CCCCCCCCCCC/C=C\CCCCCCCC. The number of aliphatic hydroxyl groups is 1. The van der Waals surface area contributed by atoms with Crippen molar-refractivity contribution in [3.05, 3.63) is 122 Å². The second-order valence-corrected chi connectivity index (χ2v) is 21.9. The Morgan fingerprint density at radius 3 is 1.06 bits per heavy atom. The molecule has 456 valence electrons. The molecule has 0 heterocycles. The summed E-state index contributed by atoms with van der Waals surface area (Å²) in [5.41, 5.74) is 0. The molecular weight excluding hydrogens is 1020 g/mol. The molecule has 0 aromatic carbocycles. The molecule has 0 aromatic rings. The van der Waals surface area contributed by atoms with Crippen LogP contribution in [-0.2, 0) is 42.2 Å². The third-order valence-electron chi connectivity index (χ3n) is 12.9. The maximum atomic E-state index is 13.0. The fourth-order valence-electron chi connectivity index (χ4n) is 8.16. The Balaban J connectivity index is 4.84. The first-order valence-electron chi connectivity index (χ1n) is 31.4. The Morgan fingerprint density at radius 1 is 0.362 bits per heavy atom. The molecule has 0 spiro atoms. The predicted molar refractivity (Wildman–Crippen MR) is 334 cm³/mol. The van der Waals surface area contributed by atoms with Gasteiger partial charge < -0.3 is 24.2 Å². The van der Waals surface area contributed by atoms with Crippen molar-refractivity contribution in [2.45, 2.75) is 264 Å². The lowest BCUT2D eigenvalue weighted by molar-refractivity contribution is -0.161. The van der Waals surface area contributed by atoms with Crippen LogP contribution in [0.1, 0.15) is 252 Å². The van der Waals surface area contributed by atoms with Crippen molar-refractivity contribution in [1.29, 1.82) is 0 Å². The molecule has 0 aliphatic heterocycles. The Kier molecular flexibility index (Phi) is 57.8. The Hall–Kier alpha value is -4.12. The van der Waals surface area contributed by atoms with Crippen molar-refractivity contribution in [2.75, 3.05) is 26.4 Å². The topological polar surface area (TPSA) is 155 Å². The largest absolute Gasteiger partial charge is 0.472 e. The zero-order chi connectivity index (χ0) is 58.3. The van der Waals surface area contributed by atoms with Gasteiger partial charge in [0.05, 0.1) is 19.8 Å². The number of ether oxygens (including phenoxy) is 3. The van der Waals surface area contributed by atoms with Gasteiger partial charge in [0, 0.05) is 19.3 Å². The number of unbranched alkanes of at least 4 members (excludes halogenated alkanes) is 20. The van der Waals surface area contributed by atoms with E-state index >= 15 is 0 Å². The first-order chi connectivity index (χ1) is 39.2. The molecule has 3 unspecified atom stereocenters. The summed E-state index contributed by atoms with van der Waals surface area (Å²) >= 11 is 0. The number of aliphatic hydroxyl groups excluding tert-OH is 1. The van der Waals surface area contributed by atoms with Crippen molar-refractivity contribution in [3.63, 3.8) is 0 Å². The average Bonchev–Trinajstić information content (AvgIpc) is 3.45. The van der Waals surface area contributed by atoms with Gasteiger partial charge in [0.15, 0.2) is 6.10 Å². The van der Waals surface area contributed by atoms with E-state index < -0.39 is 57.8 Å². The molecule has 0 radical (unpaired) electrons. The zero-order valence-electron chi connectivity index (χ0n) is 50.5. The summed E-state index contributed by atoms with van der Waals surface area (Å²) < 4.78 is 39.6. The number of allylic oxidation sites excluding steroid dienone is 20. The predicted octanol–water partition coefficient (Wildman–Crippen LogP) is 19.1. The van der Waals surface area contributed by atoms with Gasteiger partial charge in [-0.05, 0) is 116 Å². The second-order valence-electron chi connectivity index (χ2n) is 20.5. The van der Waals surface area contributed by atoms with Gasteiger partial charge in [-0.3, -0.25) is 23.4 Å². The third-order valence-corrected chi connectivity index (χ3v) is 13.8.